The lowest BCUT2D eigenvalue weighted by atomic mass is 10.1. The summed E-state index contributed by atoms with van der Waals surface area (Å²) in [5.41, 5.74) is 2.36. The van der Waals surface area contributed by atoms with Crippen LogP contribution in [0.2, 0.25) is 0 Å². The van der Waals surface area contributed by atoms with E-state index in [4.69, 9.17) is 0 Å². The van der Waals surface area contributed by atoms with Crippen molar-refractivity contribution in [2.24, 2.45) is 0 Å². The predicted octanol–water partition coefficient (Wildman–Crippen LogP) is 3.78. The molecule has 0 aliphatic rings. The molecule has 0 fully saturated rings. The van der Waals surface area contributed by atoms with Crippen molar-refractivity contribution in [1.29, 1.82) is 0 Å². The lowest BCUT2D eigenvalue weighted by Crippen LogP contribution is -2.10. The fourth-order valence-corrected chi connectivity index (χ4v) is 2.01. The van der Waals surface area contributed by atoms with Crippen LogP contribution in [0.4, 0.5) is 18.9 Å². The van der Waals surface area contributed by atoms with Crippen molar-refractivity contribution in [2.45, 2.75) is 13.1 Å². The maximum atomic E-state index is 13.1. The summed E-state index contributed by atoms with van der Waals surface area (Å²) in [6.45, 7) is 1.07. The minimum atomic E-state index is -1.44. The molecular formula is C16H17F3N2. The highest BCUT2D eigenvalue weighted by molar-refractivity contribution is 5.45. The molecule has 2 nitrogen and oxygen atoms in total. The summed E-state index contributed by atoms with van der Waals surface area (Å²) in [7, 11) is 3.98. The molecule has 0 bridgehead atoms. The number of halogens is 3. The summed E-state index contributed by atoms with van der Waals surface area (Å²) in [6.07, 6.45) is 0. The largest absolute Gasteiger partial charge is 0.381 e. The summed E-state index contributed by atoms with van der Waals surface area (Å²) >= 11 is 0. The summed E-state index contributed by atoms with van der Waals surface area (Å²) < 4.78 is 39.0. The summed E-state index contributed by atoms with van der Waals surface area (Å²) in [5, 5.41) is 3.05. The van der Waals surface area contributed by atoms with Gasteiger partial charge in [0.25, 0.3) is 0 Å². The monoisotopic (exact) mass is 294 g/mol. The highest BCUT2D eigenvalue weighted by Crippen LogP contribution is 2.16. The zero-order valence-electron chi connectivity index (χ0n) is 12.0. The third-order valence-corrected chi connectivity index (χ3v) is 2.99. The zero-order chi connectivity index (χ0) is 15.4. The Balaban J connectivity index is 2.00. The number of hydrogen-bond donors (Lipinski definition) is 1. The molecule has 5 heteroatoms. The number of hydrogen-bond acceptors (Lipinski definition) is 2. The van der Waals surface area contributed by atoms with E-state index >= 15 is 0 Å². The van der Waals surface area contributed by atoms with Crippen LogP contribution in [0.5, 0.6) is 0 Å². The number of nitrogens with one attached hydrogen (secondary N) is 1. The van der Waals surface area contributed by atoms with Crippen molar-refractivity contribution in [3.8, 4) is 0 Å². The second-order valence-corrected chi connectivity index (χ2v) is 5.16. The van der Waals surface area contributed by atoms with E-state index in [1.807, 2.05) is 38.4 Å². The van der Waals surface area contributed by atoms with Gasteiger partial charge in [0.2, 0.25) is 0 Å². The van der Waals surface area contributed by atoms with Crippen LogP contribution in [0, 0.1) is 17.5 Å². The fourth-order valence-electron chi connectivity index (χ4n) is 2.01. The molecular weight excluding hydrogens is 277 g/mol. The minimum Gasteiger partial charge on any atom is -0.381 e. The van der Waals surface area contributed by atoms with Crippen LogP contribution in [-0.2, 0) is 13.1 Å². The van der Waals surface area contributed by atoms with Gasteiger partial charge in [-0.3, -0.25) is 0 Å². The number of nitrogens with zero attached hydrogens (tertiary/aromatic N) is 1. The molecule has 0 atom stereocenters. The Kier molecular flexibility index (Phi) is 4.85. The average molecular weight is 294 g/mol. The van der Waals surface area contributed by atoms with Gasteiger partial charge in [-0.15, -0.1) is 0 Å². The Morgan fingerprint density at radius 2 is 1.48 bits per heavy atom. The van der Waals surface area contributed by atoms with Gasteiger partial charge in [-0.25, -0.2) is 13.2 Å². The van der Waals surface area contributed by atoms with Crippen LogP contribution in [0.15, 0.2) is 36.4 Å². The molecule has 0 aliphatic carbocycles. The molecule has 0 radical (unpaired) electrons. The molecule has 0 aliphatic heterocycles. The summed E-state index contributed by atoms with van der Waals surface area (Å²) in [5.74, 6) is -3.78. The maximum Gasteiger partial charge on any atom is 0.194 e. The normalized spacial score (nSPS) is 11.0. The second kappa shape index (κ2) is 6.63. The van der Waals surface area contributed by atoms with Gasteiger partial charge in [-0.05, 0) is 49.5 Å². The number of rotatable bonds is 5. The van der Waals surface area contributed by atoms with Crippen molar-refractivity contribution >= 4 is 5.69 Å². The zero-order valence-corrected chi connectivity index (χ0v) is 12.0. The summed E-state index contributed by atoms with van der Waals surface area (Å²) in [4.78, 5) is 2.06. The molecule has 0 saturated carbocycles. The SMILES string of the molecule is CN(C)Cc1ccc(NCc2cc(F)c(F)c(F)c2)cc1. The minimum absolute atomic E-state index is 0.223. The van der Waals surface area contributed by atoms with Crippen LogP contribution in [-0.4, -0.2) is 19.0 Å². The molecule has 2 aromatic carbocycles. The van der Waals surface area contributed by atoms with Gasteiger partial charge in [0, 0.05) is 18.8 Å². The van der Waals surface area contributed by atoms with Gasteiger partial charge < -0.3 is 10.2 Å². The van der Waals surface area contributed by atoms with E-state index < -0.39 is 17.5 Å². The number of anilines is 1. The van der Waals surface area contributed by atoms with Crippen molar-refractivity contribution in [3.63, 3.8) is 0 Å². The Morgan fingerprint density at radius 1 is 0.905 bits per heavy atom. The van der Waals surface area contributed by atoms with Crippen LogP contribution >= 0.6 is 0 Å². The lowest BCUT2D eigenvalue weighted by Gasteiger charge is -2.11. The molecule has 0 unspecified atom stereocenters. The smallest absolute Gasteiger partial charge is 0.194 e. The van der Waals surface area contributed by atoms with Gasteiger partial charge in [0.15, 0.2) is 17.5 Å². The van der Waals surface area contributed by atoms with E-state index in [9.17, 15) is 13.2 Å². The lowest BCUT2D eigenvalue weighted by molar-refractivity contribution is 0.402. The van der Waals surface area contributed by atoms with Crippen LogP contribution < -0.4 is 5.32 Å². The third-order valence-electron chi connectivity index (χ3n) is 2.99. The Bertz CT molecular complexity index is 586. The van der Waals surface area contributed by atoms with Gasteiger partial charge >= 0.3 is 0 Å². The van der Waals surface area contributed by atoms with E-state index in [0.717, 1.165) is 24.4 Å². The fraction of sp³-hybridized carbons (Fsp3) is 0.250. The molecule has 0 saturated heterocycles. The Hall–Kier alpha value is -2.01. The molecule has 0 spiro atoms. The van der Waals surface area contributed by atoms with Crippen molar-refractivity contribution in [3.05, 3.63) is 65.0 Å². The van der Waals surface area contributed by atoms with Crippen molar-refractivity contribution in [1.82, 2.24) is 4.90 Å². The van der Waals surface area contributed by atoms with E-state index in [1.165, 1.54) is 5.56 Å². The van der Waals surface area contributed by atoms with E-state index in [1.54, 1.807) is 0 Å². The first-order valence-corrected chi connectivity index (χ1v) is 6.56. The quantitative estimate of drug-likeness (QED) is 0.844. The maximum absolute atomic E-state index is 13.1. The average Bonchev–Trinajstić information content (AvgIpc) is 2.43. The first-order valence-electron chi connectivity index (χ1n) is 6.56. The molecule has 0 aromatic heterocycles. The molecule has 0 amide bonds. The molecule has 2 rings (SSSR count). The van der Waals surface area contributed by atoms with Crippen molar-refractivity contribution in [2.75, 3.05) is 19.4 Å². The van der Waals surface area contributed by atoms with E-state index in [0.29, 0.717) is 5.56 Å². The van der Waals surface area contributed by atoms with Crippen LogP contribution in [0.25, 0.3) is 0 Å². The third kappa shape index (κ3) is 4.23. The summed E-state index contributed by atoms with van der Waals surface area (Å²) in [6, 6.07) is 9.74. The van der Waals surface area contributed by atoms with Gasteiger partial charge in [-0.2, -0.15) is 0 Å². The highest BCUT2D eigenvalue weighted by Gasteiger charge is 2.10. The van der Waals surface area contributed by atoms with Crippen LogP contribution in [0.1, 0.15) is 11.1 Å². The topological polar surface area (TPSA) is 15.3 Å². The Labute approximate surface area is 122 Å². The molecule has 21 heavy (non-hydrogen) atoms. The second-order valence-electron chi connectivity index (χ2n) is 5.16. The molecule has 1 N–H and O–H groups in total. The van der Waals surface area contributed by atoms with Gasteiger partial charge in [0.05, 0.1) is 0 Å². The van der Waals surface area contributed by atoms with Crippen molar-refractivity contribution < 1.29 is 13.2 Å². The molecule has 2 aromatic rings. The standard InChI is InChI=1S/C16H17F3N2/c1-21(2)10-11-3-5-13(6-4-11)20-9-12-7-14(17)16(19)15(18)8-12/h3-8,20H,9-10H2,1-2H3. The van der Waals surface area contributed by atoms with Gasteiger partial charge in [-0.1, -0.05) is 12.1 Å². The van der Waals surface area contributed by atoms with E-state index in [2.05, 4.69) is 10.2 Å². The first-order chi connectivity index (χ1) is 9.95. The predicted molar refractivity (Wildman–Crippen MR) is 77.5 cm³/mol. The van der Waals surface area contributed by atoms with Gasteiger partial charge in [0.1, 0.15) is 0 Å². The Morgan fingerprint density at radius 3 is 2.00 bits per heavy atom. The number of benzene rings is 2. The molecule has 0 heterocycles. The molecule has 112 valence electrons. The first kappa shape index (κ1) is 15.4. The highest BCUT2D eigenvalue weighted by atomic mass is 19.2. The van der Waals surface area contributed by atoms with Crippen LogP contribution in [0.3, 0.4) is 0 Å². The van der Waals surface area contributed by atoms with E-state index in [-0.39, 0.29) is 6.54 Å².